The van der Waals surface area contributed by atoms with Gasteiger partial charge in [-0.3, -0.25) is 0 Å². The molecule has 0 atom stereocenters. The summed E-state index contributed by atoms with van der Waals surface area (Å²) in [5, 5.41) is 8.33. The van der Waals surface area contributed by atoms with Crippen LogP contribution in [-0.2, 0) is 0 Å². The van der Waals surface area contributed by atoms with Crippen LogP contribution in [0.25, 0.3) is 0 Å². The number of aliphatic hydroxyl groups is 1. The third-order valence-electron chi connectivity index (χ3n) is 0.525. The highest BCUT2D eigenvalue weighted by atomic mass is 127. The molecule has 0 aliphatic rings. The Morgan fingerprint density at radius 3 is 2.43 bits per heavy atom. The number of rotatable bonds is 3. The summed E-state index contributed by atoms with van der Waals surface area (Å²) in [6, 6.07) is 0. The maximum absolute atomic E-state index is 8.33. The molecule has 0 amide bonds. The van der Waals surface area contributed by atoms with Gasteiger partial charge in [-0.2, -0.15) is 0 Å². The van der Waals surface area contributed by atoms with Crippen molar-refractivity contribution in [2.75, 3.05) is 19.8 Å². The quantitative estimate of drug-likeness (QED) is 0.381. The minimum atomic E-state index is 0.0811. The Kier molecular flexibility index (Phi) is 5.18. The predicted octanol–water partition coefficient (Wildman–Crippen LogP) is -0.453. The molecule has 7 heavy (non-hydrogen) atoms. The van der Waals surface area contributed by atoms with E-state index in [1.54, 1.807) is 3.11 Å². The van der Waals surface area contributed by atoms with Crippen molar-refractivity contribution >= 4 is 22.9 Å². The molecule has 0 saturated carbocycles. The first-order chi connectivity index (χ1) is 3.31. The lowest BCUT2D eigenvalue weighted by Crippen LogP contribution is -2.20. The molecule has 0 aliphatic carbocycles. The fourth-order valence-electron chi connectivity index (χ4n) is 0.211. The van der Waals surface area contributed by atoms with Crippen molar-refractivity contribution in [1.29, 1.82) is 0 Å². The summed E-state index contributed by atoms with van der Waals surface area (Å²) in [6.45, 7) is 1.43. The first-order valence-electron chi connectivity index (χ1n) is 2.03. The van der Waals surface area contributed by atoms with Crippen LogP contribution in [0.15, 0.2) is 0 Å². The van der Waals surface area contributed by atoms with Crippen LogP contribution >= 0.6 is 22.9 Å². The standard InChI is InChI=1S/C3H9IN2O/c4-6(3-7)2-1-5/h7H,1-3,5H2. The molecular formula is C3H9IN2O. The lowest BCUT2D eigenvalue weighted by molar-refractivity contribution is 0.206. The highest BCUT2D eigenvalue weighted by Crippen LogP contribution is 1.91. The molecule has 0 rings (SSSR count). The van der Waals surface area contributed by atoms with E-state index in [-0.39, 0.29) is 6.73 Å². The van der Waals surface area contributed by atoms with Gasteiger partial charge in [-0.25, -0.2) is 3.11 Å². The molecule has 0 heterocycles. The Morgan fingerprint density at radius 2 is 2.29 bits per heavy atom. The SMILES string of the molecule is NCCN(I)CO. The van der Waals surface area contributed by atoms with E-state index in [2.05, 4.69) is 0 Å². The third-order valence-corrected chi connectivity index (χ3v) is 1.31. The topological polar surface area (TPSA) is 49.5 Å². The fourth-order valence-corrected chi connectivity index (χ4v) is 0.489. The largest absolute Gasteiger partial charge is 0.380 e. The van der Waals surface area contributed by atoms with Gasteiger partial charge in [-0.15, -0.1) is 0 Å². The van der Waals surface area contributed by atoms with Crippen molar-refractivity contribution in [3.63, 3.8) is 0 Å². The minimum Gasteiger partial charge on any atom is -0.380 e. The number of nitrogens with zero attached hydrogens (tertiary/aromatic N) is 1. The summed E-state index contributed by atoms with van der Waals surface area (Å²) in [5.41, 5.74) is 5.15. The third kappa shape index (κ3) is 4.46. The van der Waals surface area contributed by atoms with E-state index in [1.807, 2.05) is 22.9 Å². The summed E-state index contributed by atoms with van der Waals surface area (Å²) < 4.78 is 1.71. The van der Waals surface area contributed by atoms with Crippen LogP contribution in [0.3, 0.4) is 0 Å². The lowest BCUT2D eigenvalue weighted by atomic mass is 10.7. The van der Waals surface area contributed by atoms with Crippen LogP contribution in [0.5, 0.6) is 0 Å². The lowest BCUT2D eigenvalue weighted by Gasteiger charge is -2.05. The van der Waals surface area contributed by atoms with Gasteiger partial charge in [0.25, 0.3) is 0 Å². The maximum Gasteiger partial charge on any atom is 0.104 e. The van der Waals surface area contributed by atoms with Gasteiger partial charge in [0.1, 0.15) is 6.73 Å². The highest BCUT2D eigenvalue weighted by Gasteiger charge is 1.90. The molecule has 3 nitrogen and oxygen atoms in total. The number of nitrogens with two attached hydrogens (primary N) is 1. The highest BCUT2D eigenvalue weighted by molar-refractivity contribution is 14.1. The Balaban J connectivity index is 2.83. The van der Waals surface area contributed by atoms with E-state index in [1.165, 1.54) is 0 Å². The zero-order valence-corrected chi connectivity index (χ0v) is 6.13. The molecule has 0 aliphatic heterocycles. The Labute approximate surface area is 57.0 Å². The molecule has 0 bridgehead atoms. The van der Waals surface area contributed by atoms with Crippen molar-refractivity contribution in [3.05, 3.63) is 0 Å². The van der Waals surface area contributed by atoms with Crippen LogP contribution in [0.2, 0.25) is 0 Å². The maximum atomic E-state index is 8.33. The molecule has 0 saturated heterocycles. The van der Waals surface area contributed by atoms with Crippen molar-refractivity contribution in [2.45, 2.75) is 0 Å². The zero-order valence-electron chi connectivity index (χ0n) is 3.97. The second-order valence-corrected chi connectivity index (χ2v) is 2.48. The molecule has 0 aromatic carbocycles. The van der Waals surface area contributed by atoms with Gasteiger partial charge in [0.05, 0.1) is 0 Å². The molecule has 0 radical (unpaired) electrons. The summed E-state index contributed by atoms with van der Waals surface area (Å²) in [7, 11) is 0. The Bertz CT molecular complexity index is 43.9. The molecular weight excluding hydrogens is 207 g/mol. The van der Waals surface area contributed by atoms with E-state index in [0.29, 0.717) is 6.54 Å². The Morgan fingerprint density at radius 1 is 1.71 bits per heavy atom. The molecule has 0 aromatic heterocycles. The first kappa shape index (κ1) is 7.61. The molecule has 4 heteroatoms. The summed E-state index contributed by atoms with van der Waals surface area (Å²) >= 11 is 2.01. The van der Waals surface area contributed by atoms with Crippen molar-refractivity contribution in [3.8, 4) is 0 Å². The molecule has 44 valence electrons. The summed E-state index contributed by atoms with van der Waals surface area (Å²) in [5.74, 6) is 0. The van der Waals surface area contributed by atoms with Gasteiger partial charge in [-0.1, -0.05) is 0 Å². The molecule has 3 N–H and O–H groups in total. The van der Waals surface area contributed by atoms with Crippen LogP contribution in [0.1, 0.15) is 0 Å². The number of halogens is 1. The van der Waals surface area contributed by atoms with E-state index in [9.17, 15) is 0 Å². The number of aliphatic hydroxyl groups excluding tert-OH is 1. The first-order valence-corrected chi connectivity index (χ1v) is 2.99. The minimum absolute atomic E-state index is 0.0811. The summed E-state index contributed by atoms with van der Waals surface area (Å²) in [4.78, 5) is 0. The van der Waals surface area contributed by atoms with Gasteiger partial charge in [0.15, 0.2) is 0 Å². The van der Waals surface area contributed by atoms with Gasteiger partial charge in [0, 0.05) is 36.0 Å². The molecule has 0 spiro atoms. The average molecular weight is 216 g/mol. The smallest absolute Gasteiger partial charge is 0.104 e. The van der Waals surface area contributed by atoms with Gasteiger partial charge >= 0.3 is 0 Å². The number of hydrogen-bond donors (Lipinski definition) is 2. The monoisotopic (exact) mass is 216 g/mol. The van der Waals surface area contributed by atoms with E-state index in [4.69, 9.17) is 10.8 Å². The fraction of sp³-hybridized carbons (Fsp3) is 1.00. The van der Waals surface area contributed by atoms with Gasteiger partial charge in [0.2, 0.25) is 0 Å². The van der Waals surface area contributed by atoms with Crippen LogP contribution in [0.4, 0.5) is 0 Å². The molecule has 0 aromatic rings. The van der Waals surface area contributed by atoms with Crippen LogP contribution < -0.4 is 5.73 Å². The van der Waals surface area contributed by atoms with Crippen LogP contribution in [0, 0.1) is 0 Å². The predicted molar refractivity (Wildman–Crippen MR) is 36.9 cm³/mol. The average Bonchev–Trinajstić information content (AvgIpc) is 1.68. The van der Waals surface area contributed by atoms with E-state index >= 15 is 0 Å². The molecule has 0 unspecified atom stereocenters. The summed E-state index contributed by atoms with van der Waals surface area (Å²) in [6.07, 6.45) is 0. The second-order valence-electron chi connectivity index (χ2n) is 1.12. The normalized spacial score (nSPS) is 10.3. The second kappa shape index (κ2) is 4.76. The number of hydrogen-bond acceptors (Lipinski definition) is 3. The van der Waals surface area contributed by atoms with Crippen LogP contribution in [-0.4, -0.2) is 28.0 Å². The van der Waals surface area contributed by atoms with Crippen molar-refractivity contribution in [2.24, 2.45) is 5.73 Å². The van der Waals surface area contributed by atoms with E-state index in [0.717, 1.165) is 6.54 Å². The Hall–Kier alpha value is 0.610. The zero-order chi connectivity index (χ0) is 5.70. The van der Waals surface area contributed by atoms with Crippen molar-refractivity contribution in [1.82, 2.24) is 3.11 Å². The van der Waals surface area contributed by atoms with Crippen molar-refractivity contribution < 1.29 is 5.11 Å². The van der Waals surface area contributed by atoms with E-state index < -0.39 is 0 Å². The van der Waals surface area contributed by atoms with Gasteiger partial charge < -0.3 is 10.8 Å². The molecule has 0 fully saturated rings. The van der Waals surface area contributed by atoms with Gasteiger partial charge in [-0.05, 0) is 0 Å².